The molecule has 0 amide bonds. The van der Waals surface area contributed by atoms with Gasteiger partial charge < -0.3 is 18.7 Å². The van der Waals surface area contributed by atoms with E-state index in [0.29, 0.717) is 23.2 Å². The maximum atomic E-state index is 5.51. The first-order valence-electron chi connectivity index (χ1n) is 8.93. The van der Waals surface area contributed by atoms with Crippen molar-refractivity contribution in [3.63, 3.8) is 0 Å². The molecule has 1 aliphatic rings. The van der Waals surface area contributed by atoms with Crippen LogP contribution in [0.5, 0.6) is 17.2 Å². The Bertz CT molecular complexity index is 959. The number of ether oxygens (including phenoxy) is 3. The molecule has 1 aromatic heterocycles. The van der Waals surface area contributed by atoms with Crippen LogP contribution in [0.15, 0.2) is 47.0 Å². The van der Waals surface area contributed by atoms with Gasteiger partial charge in [-0.1, -0.05) is 17.3 Å². The normalized spacial score (nSPS) is 18.8. The number of rotatable bonds is 6. The van der Waals surface area contributed by atoms with Gasteiger partial charge in [-0.15, -0.1) is 0 Å². The van der Waals surface area contributed by atoms with Gasteiger partial charge in [-0.2, -0.15) is 4.98 Å². The van der Waals surface area contributed by atoms with Crippen molar-refractivity contribution < 1.29 is 18.7 Å². The van der Waals surface area contributed by atoms with Crippen LogP contribution < -0.4 is 25.1 Å². The zero-order valence-electron chi connectivity index (χ0n) is 15.9. The van der Waals surface area contributed by atoms with Gasteiger partial charge in [0, 0.05) is 12.1 Å². The van der Waals surface area contributed by atoms with Gasteiger partial charge in [0.1, 0.15) is 23.3 Å². The Labute approximate surface area is 162 Å². The van der Waals surface area contributed by atoms with Gasteiger partial charge in [-0.25, -0.2) is 10.9 Å². The molecule has 2 aromatic carbocycles. The molecular weight excluding hydrogens is 360 g/mol. The molecule has 8 heteroatoms. The minimum absolute atomic E-state index is 0.0957. The molecular formula is C20H22N4O4. The van der Waals surface area contributed by atoms with Crippen molar-refractivity contribution in [2.24, 2.45) is 0 Å². The summed E-state index contributed by atoms with van der Waals surface area (Å²) in [6, 6.07) is 13.5. The van der Waals surface area contributed by atoms with E-state index in [1.54, 1.807) is 27.4 Å². The zero-order chi connectivity index (χ0) is 19.5. The van der Waals surface area contributed by atoms with Crippen LogP contribution >= 0.6 is 0 Å². The van der Waals surface area contributed by atoms with Gasteiger partial charge in [0.25, 0.3) is 0 Å². The molecule has 2 N–H and O–H groups in total. The van der Waals surface area contributed by atoms with Crippen LogP contribution in [0.2, 0.25) is 0 Å². The van der Waals surface area contributed by atoms with E-state index in [4.69, 9.17) is 18.7 Å². The van der Waals surface area contributed by atoms with Crippen LogP contribution in [0.1, 0.15) is 30.0 Å². The third-order valence-corrected chi connectivity index (χ3v) is 4.79. The second-order valence-corrected chi connectivity index (χ2v) is 6.43. The number of hydrogen-bond donors (Lipinski definition) is 2. The molecule has 1 aliphatic heterocycles. The van der Waals surface area contributed by atoms with Gasteiger partial charge in [-0.05, 0) is 36.2 Å². The van der Waals surface area contributed by atoms with Crippen LogP contribution in [0, 0.1) is 0 Å². The topological polar surface area (TPSA) is 90.7 Å². The van der Waals surface area contributed by atoms with E-state index in [1.165, 1.54) is 0 Å². The fraction of sp³-hybridized carbons (Fsp3) is 0.300. The number of hydrazine groups is 1. The molecule has 0 aliphatic carbocycles. The lowest BCUT2D eigenvalue weighted by Gasteiger charge is -2.10. The summed E-state index contributed by atoms with van der Waals surface area (Å²) in [6.07, 6.45) is 0.772. The Morgan fingerprint density at radius 2 is 1.71 bits per heavy atom. The first kappa shape index (κ1) is 18.3. The molecule has 146 valence electrons. The third kappa shape index (κ3) is 3.51. The second-order valence-electron chi connectivity index (χ2n) is 6.43. The monoisotopic (exact) mass is 382 g/mol. The molecule has 2 atom stereocenters. The fourth-order valence-corrected chi connectivity index (χ4v) is 3.26. The molecule has 2 unspecified atom stereocenters. The first-order valence-corrected chi connectivity index (χ1v) is 8.93. The molecule has 1 saturated heterocycles. The molecule has 0 bridgehead atoms. The van der Waals surface area contributed by atoms with Crippen molar-refractivity contribution in [1.29, 1.82) is 0 Å². The predicted octanol–water partition coefficient (Wildman–Crippen LogP) is 3.04. The Kier molecular flexibility index (Phi) is 5.14. The van der Waals surface area contributed by atoms with Crippen LogP contribution in [-0.2, 0) is 0 Å². The van der Waals surface area contributed by atoms with Gasteiger partial charge in [-0.3, -0.25) is 0 Å². The van der Waals surface area contributed by atoms with Crippen molar-refractivity contribution in [2.75, 3.05) is 21.3 Å². The number of hydrogen-bond acceptors (Lipinski definition) is 8. The number of nitrogens with zero attached hydrogens (tertiary/aromatic N) is 2. The van der Waals surface area contributed by atoms with Crippen LogP contribution in [-0.4, -0.2) is 31.5 Å². The number of methoxy groups -OCH3 is 3. The summed E-state index contributed by atoms with van der Waals surface area (Å²) in [5.41, 5.74) is 8.39. The molecule has 28 heavy (non-hydrogen) atoms. The van der Waals surface area contributed by atoms with E-state index < -0.39 is 0 Å². The standard InChI is InChI=1S/C20H22N4O4/c1-25-13-6-4-5-12(9-13)16-11-17(23-22-16)20-21-19(24-28-20)15-8-7-14(26-2)10-18(15)27-3/h4-10,16-17,22-23H,11H2,1-3H3. The van der Waals surface area contributed by atoms with E-state index in [0.717, 1.165) is 23.3 Å². The Balaban J connectivity index is 1.52. The van der Waals surface area contributed by atoms with Gasteiger partial charge in [0.15, 0.2) is 0 Å². The Morgan fingerprint density at radius 3 is 2.50 bits per heavy atom. The zero-order valence-corrected chi connectivity index (χ0v) is 15.9. The van der Waals surface area contributed by atoms with Gasteiger partial charge >= 0.3 is 0 Å². The molecule has 4 rings (SSSR count). The smallest absolute Gasteiger partial charge is 0.245 e. The minimum atomic E-state index is -0.0957. The fourth-order valence-electron chi connectivity index (χ4n) is 3.26. The van der Waals surface area contributed by atoms with Crippen LogP contribution in [0.25, 0.3) is 11.4 Å². The summed E-state index contributed by atoms with van der Waals surface area (Å²) in [5.74, 6) is 3.15. The average molecular weight is 382 g/mol. The predicted molar refractivity (Wildman–Crippen MR) is 102 cm³/mol. The highest BCUT2D eigenvalue weighted by Crippen LogP contribution is 2.35. The lowest BCUT2D eigenvalue weighted by Crippen LogP contribution is -2.26. The summed E-state index contributed by atoms with van der Waals surface area (Å²) in [4.78, 5) is 4.56. The summed E-state index contributed by atoms with van der Waals surface area (Å²) in [5, 5.41) is 4.13. The highest BCUT2D eigenvalue weighted by atomic mass is 16.5. The Morgan fingerprint density at radius 1 is 0.929 bits per heavy atom. The SMILES string of the molecule is COc1cccc(C2CC(c3nc(-c4ccc(OC)cc4OC)no3)NN2)c1. The molecule has 3 aromatic rings. The highest BCUT2D eigenvalue weighted by molar-refractivity contribution is 5.65. The largest absolute Gasteiger partial charge is 0.497 e. The highest BCUT2D eigenvalue weighted by Gasteiger charge is 2.30. The summed E-state index contributed by atoms with van der Waals surface area (Å²) in [7, 11) is 4.87. The summed E-state index contributed by atoms with van der Waals surface area (Å²) in [6.45, 7) is 0. The number of benzene rings is 2. The van der Waals surface area contributed by atoms with E-state index in [9.17, 15) is 0 Å². The van der Waals surface area contributed by atoms with Crippen LogP contribution in [0.3, 0.4) is 0 Å². The second kappa shape index (κ2) is 7.87. The first-order chi connectivity index (χ1) is 13.7. The van der Waals surface area contributed by atoms with E-state index >= 15 is 0 Å². The third-order valence-electron chi connectivity index (χ3n) is 4.79. The molecule has 2 heterocycles. The Hall–Kier alpha value is -3.10. The molecule has 1 fully saturated rings. The van der Waals surface area contributed by atoms with E-state index in [2.05, 4.69) is 27.1 Å². The number of nitrogens with one attached hydrogen (secondary N) is 2. The summed E-state index contributed by atoms with van der Waals surface area (Å²) < 4.78 is 21.5. The van der Waals surface area contributed by atoms with Crippen LogP contribution in [0.4, 0.5) is 0 Å². The quantitative estimate of drug-likeness (QED) is 0.672. The lowest BCUT2D eigenvalue weighted by molar-refractivity contribution is 0.339. The maximum absolute atomic E-state index is 5.51. The van der Waals surface area contributed by atoms with Crippen molar-refractivity contribution in [2.45, 2.75) is 18.5 Å². The molecule has 8 nitrogen and oxygen atoms in total. The van der Waals surface area contributed by atoms with Gasteiger partial charge in [0.2, 0.25) is 11.7 Å². The maximum Gasteiger partial charge on any atom is 0.245 e. The van der Waals surface area contributed by atoms with Crippen molar-refractivity contribution in [3.8, 4) is 28.6 Å². The van der Waals surface area contributed by atoms with Gasteiger partial charge in [0.05, 0.1) is 26.9 Å². The van der Waals surface area contributed by atoms with E-state index in [-0.39, 0.29) is 12.1 Å². The average Bonchev–Trinajstić information content (AvgIpc) is 3.43. The van der Waals surface area contributed by atoms with Crippen molar-refractivity contribution >= 4 is 0 Å². The number of aromatic nitrogens is 2. The van der Waals surface area contributed by atoms with E-state index in [1.807, 2.05) is 30.3 Å². The minimum Gasteiger partial charge on any atom is -0.497 e. The molecule has 0 spiro atoms. The van der Waals surface area contributed by atoms with Crippen molar-refractivity contribution in [1.82, 2.24) is 21.0 Å². The van der Waals surface area contributed by atoms with Crippen molar-refractivity contribution in [3.05, 3.63) is 53.9 Å². The molecule has 0 radical (unpaired) electrons. The lowest BCUT2D eigenvalue weighted by atomic mass is 10.0. The molecule has 0 saturated carbocycles. The summed E-state index contributed by atoms with van der Waals surface area (Å²) >= 11 is 0.